The fourth-order valence-corrected chi connectivity index (χ4v) is 0.583. The van der Waals surface area contributed by atoms with Gasteiger partial charge in [0.05, 0.1) is 0 Å². The third kappa shape index (κ3) is 2.94. The Labute approximate surface area is 71.1 Å². The Hall–Kier alpha value is 0.0764. The maximum absolute atomic E-state index is 12.1. The summed E-state index contributed by atoms with van der Waals surface area (Å²) < 4.78 is 12.1. The average molecular weight is 320 g/mol. The van der Waals surface area contributed by atoms with Crippen LogP contribution in [0.4, 0.5) is 4.39 Å². The molecule has 0 aliphatic rings. The molecule has 0 saturated heterocycles. The van der Waals surface area contributed by atoms with Gasteiger partial charge in [-0.3, -0.25) is 4.39 Å². The molecule has 0 heterocycles. The molecule has 0 spiro atoms. The summed E-state index contributed by atoms with van der Waals surface area (Å²) in [4.78, 5) is 0. The molecule has 0 saturated carbocycles. The fraction of sp³-hybridized carbons (Fsp3) is 0. The standard InChI is InChI=1S/C6H3ClF.Os/c7-5-2-1-3-6(8)4-5;/h2-4H;/q-1;+1. The molecule has 0 bridgehead atoms. The van der Waals surface area contributed by atoms with Gasteiger partial charge in [0.2, 0.25) is 0 Å². The van der Waals surface area contributed by atoms with Crippen LogP contribution in [-0.4, -0.2) is 0 Å². The van der Waals surface area contributed by atoms with E-state index >= 15 is 0 Å². The largest absolute Gasteiger partial charge is 1.00 e. The molecular weight excluding hydrogens is 317 g/mol. The summed E-state index contributed by atoms with van der Waals surface area (Å²) in [5.41, 5.74) is 0. The zero-order valence-electron chi connectivity index (χ0n) is 4.34. The summed E-state index contributed by atoms with van der Waals surface area (Å²) in [5.74, 6) is -0.350. The molecule has 1 radical (unpaired) electrons. The summed E-state index contributed by atoms with van der Waals surface area (Å²) >= 11 is 5.37. The van der Waals surface area contributed by atoms with E-state index in [1.807, 2.05) is 0 Å². The van der Waals surface area contributed by atoms with Crippen molar-refractivity contribution < 1.29 is 24.2 Å². The summed E-state index contributed by atoms with van der Waals surface area (Å²) in [5, 5.41) is 0.380. The van der Waals surface area contributed by atoms with Crippen LogP contribution >= 0.6 is 11.6 Å². The summed E-state index contributed by atoms with van der Waals surface area (Å²) in [7, 11) is 0. The van der Waals surface area contributed by atoms with Crippen molar-refractivity contribution in [1.82, 2.24) is 0 Å². The van der Waals surface area contributed by atoms with E-state index in [1.54, 1.807) is 0 Å². The van der Waals surface area contributed by atoms with Gasteiger partial charge in [-0.05, 0) is 0 Å². The molecule has 1 aromatic carbocycles. The van der Waals surface area contributed by atoms with Crippen molar-refractivity contribution in [3.63, 3.8) is 0 Å². The van der Waals surface area contributed by atoms with Crippen LogP contribution < -0.4 is 0 Å². The maximum Gasteiger partial charge on any atom is 1.00 e. The van der Waals surface area contributed by atoms with Gasteiger partial charge in [-0.25, -0.2) is 0 Å². The van der Waals surface area contributed by atoms with Crippen molar-refractivity contribution in [1.29, 1.82) is 0 Å². The molecular formula is C6H3ClFOs. The van der Waals surface area contributed by atoms with E-state index in [2.05, 4.69) is 6.07 Å². The Bertz CT molecular complexity index is 173. The molecule has 1 aromatic rings. The maximum atomic E-state index is 12.1. The minimum absolute atomic E-state index is 0. The van der Waals surface area contributed by atoms with E-state index in [4.69, 9.17) is 11.6 Å². The van der Waals surface area contributed by atoms with Gasteiger partial charge in [0.1, 0.15) is 0 Å². The van der Waals surface area contributed by atoms with E-state index in [0.717, 1.165) is 0 Å². The van der Waals surface area contributed by atoms with Crippen LogP contribution in [0.1, 0.15) is 0 Å². The van der Waals surface area contributed by atoms with Crippen LogP contribution in [0.25, 0.3) is 0 Å². The van der Waals surface area contributed by atoms with Crippen LogP contribution in [-0.2, 0) is 19.8 Å². The first-order chi connectivity index (χ1) is 3.79. The molecule has 49 valence electrons. The van der Waals surface area contributed by atoms with Crippen molar-refractivity contribution in [3.8, 4) is 0 Å². The average Bonchev–Trinajstić information content (AvgIpc) is 1.64. The molecule has 1 rings (SSSR count). The number of benzene rings is 1. The molecule has 0 N–H and O–H groups in total. The third-order valence-electron chi connectivity index (χ3n) is 0.718. The fourth-order valence-electron chi connectivity index (χ4n) is 0.416. The van der Waals surface area contributed by atoms with Gasteiger partial charge in [-0.1, -0.05) is 5.02 Å². The van der Waals surface area contributed by atoms with Crippen molar-refractivity contribution in [2.45, 2.75) is 0 Å². The van der Waals surface area contributed by atoms with E-state index in [9.17, 15) is 4.39 Å². The predicted molar refractivity (Wildman–Crippen MR) is 30.2 cm³/mol. The SMILES string of the molecule is Fc1c[c-]cc(Cl)c1.[Os+]. The minimum atomic E-state index is -0.350. The number of hydrogen-bond donors (Lipinski definition) is 0. The second-order valence-electron chi connectivity index (χ2n) is 1.37. The molecule has 0 aliphatic heterocycles. The van der Waals surface area contributed by atoms with Gasteiger partial charge in [-0.15, -0.1) is 12.1 Å². The van der Waals surface area contributed by atoms with Gasteiger partial charge in [-0.2, -0.15) is 23.7 Å². The summed E-state index contributed by atoms with van der Waals surface area (Å²) in [6.45, 7) is 0. The topological polar surface area (TPSA) is 0 Å². The van der Waals surface area contributed by atoms with E-state index < -0.39 is 0 Å². The quantitative estimate of drug-likeness (QED) is 0.644. The van der Waals surface area contributed by atoms with Gasteiger partial charge >= 0.3 is 19.8 Å². The summed E-state index contributed by atoms with van der Waals surface area (Å²) in [6.07, 6.45) is 0. The van der Waals surface area contributed by atoms with Gasteiger partial charge in [0.15, 0.2) is 0 Å². The Morgan fingerprint density at radius 1 is 1.44 bits per heavy atom. The third-order valence-corrected chi connectivity index (χ3v) is 0.936. The molecule has 0 amide bonds. The molecule has 3 heteroatoms. The number of rotatable bonds is 0. The second kappa shape index (κ2) is 3.98. The predicted octanol–water partition coefficient (Wildman–Crippen LogP) is 2.28. The number of halogens is 2. The van der Waals surface area contributed by atoms with E-state index in [-0.39, 0.29) is 25.6 Å². The zero-order chi connectivity index (χ0) is 5.98. The Morgan fingerprint density at radius 2 is 2.11 bits per heavy atom. The van der Waals surface area contributed by atoms with Crippen LogP contribution in [0.3, 0.4) is 0 Å². The Balaban J connectivity index is 0.000000640. The zero-order valence-corrected chi connectivity index (χ0v) is 7.64. The van der Waals surface area contributed by atoms with E-state index in [1.165, 1.54) is 18.2 Å². The van der Waals surface area contributed by atoms with Crippen LogP contribution in [0.5, 0.6) is 0 Å². The minimum Gasteiger partial charge on any atom is -0.284 e. The molecule has 0 aliphatic carbocycles. The number of hydrogen-bond acceptors (Lipinski definition) is 0. The molecule has 0 nitrogen and oxygen atoms in total. The molecule has 0 aromatic heterocycles. The molecule has 9 heavy (non-hydrogen) atoms. The van der Waals surface area contributed by atoms with Crippen LogP contribution in [0.2, 0.25) is 5.02 Å². The second-order valence-corrected chi connectivity index (χ2v) is 1.81. The normalized spacial score (nSPS) is 8.22. The molecule has 0 unspecified atom stereocenters. The van der Waals surface area contributed by atoms with Crippen LogP contribution in [0.15, 0.2) is 18.2 Å². The van der Waals surface area contributed by atoms with Crippen molar-refractivity contribution >= 4 is 11.6 Å². The monoisotopic (exact) mass is 321 g/mol. The first kappa shape index (κ1) is 9.08. The van der Waals surface area contributed by atoms with Crippen LogP contribution in [0, 0.1) is 11.9 Å². The molecule has 0 fully saturated rings. The molecule has 0 atom stereocenters. The Morgan fingerprint density at radius 3 is 2.44 bits per heavy atom. The van der Waals surface area contributed by atoms with Crippen molar-refractivity contribution in [2.24, 2.45) is 0 Å². The first-order valence-electron chi connectivity index (χ1n) is 2.11. The Kier molecular flexibility index (Phi) is 4.02. The van der Waals surface area contributed by atoms with Gasteiger partial charge < -0.3 is 0 Å². The first-order valence-corrected chi connectivity index (χ1v) is 2.49. The summed E-state index contributed by atoms with van der Waals surface area (Å²) in [6, 6.07) is 6.49. The van der Waals surface area contributed by atoms with Gasteiger partial charge in [0.25, 0.3) is 0 Å². The van der Waals surface area contributed by atoms with Gasteiger partial charge in [0, 0.05) is 5.82 Å². The van der Waals surface area contributed by atoms with E-state index in [0.29, 0.717) is 5.02 Å². The van der Waals surface area contributed by atoms with Crippen molar-refractivity contribution in [2.75, 3.05) is 0 Å². The van der Waals surface area contributed by atoms with Crippen molar-refractivity contribution in [3.05, 3.63) is 35.1 Å². The smallest absolute Gasteiger partial charge is 0.284 e.